The van der Waals surface area contributed by atoms with Gasteiger partial charge >= 0.3 is 5.97 Å². The second-order valence-electron chi connectivity index (χ2n) is 25.6. The average molecular weight is 1150 g/mol. The molecule has 0 spiro atoms. The number of aliphatic hydroxyl groups excluding tert-OH is 2. The van der Waals surface area contributed by atoms with E-state index in [9.17, 15) is 19.8 Å². The molecule has 0 aromatic heterocycles. The predicted molar refractivity (Wildman–Crippen MR) is 361 cm³/mol. The van der Waals surface area contributed by atoms with Crippen molar-refractivity contribution in [3.8, 4) is 0 Å². The summed E-state index contributed by atoms with van der Waals surface area (Å²) in [6.45, 7) is 4.96. The first-order chi connectivity index (χ1) is 40.5. The molecular formula is C76H145NO5. The first-order valence-electron chi connectivity index (χ1n) is 37.2. The fourth-order valence-corrected chi connectivity index (χ4v) is 11.7. The number of amides is 1. The standard InChI is InChI=1S/C76H145NO5/c1-3-5-7-9-11-13-15-17-18-19-40-43-46-50-54-58-62-66-70-76(81)82-71-67-63-59-55-51-47-44-41-38-36-34-32-30-28-26-24-22-20-21-23-25-27-29-31-33-35-37-39-42-45-49-53-57-61-65-69-75(80)77-73(72-78)74(79)68-64-60-56-52-48-16-14-12-10-8-6-4-2/h13,15,18-19,22,24,73-74,78-79H,3-12,14,16-17,20-21,23,25-72H2,1-2H3,(H,77,80)/b15-13-,19-18-,24-22-. The molecule has 0 radical (unpaired) electrons. The zero-order chi connectivity index (χ0) is 59.2. The molecule has 2 atom stereocenters. The lowest BCUT2D eigenvalue weighted by atomic mass is 10.0. The largest absolute Gasteiger partial charge is 0.466 e. The van der Waals surface area contributed by atoms with Crippen LogP contribution in [0.2, 0.25) is 0 Å². The number of nitrogens with one attached hydrogen (secondary N) is 1. The summed E-state index contributed by atoms with van der Waals surface area (Å²) in [5.74, 6) is -0.0167. The number of allylic oxidation sites excluding steroid dienone is 6. The Bertz CT molecular complexity index is 1330. The lowest BCUT2D eigenvalue weighted by molar-refractivity contribution is -0.143. The first-order valence-corrected chi connectivity index (χ1v) is 37.2. The number of esters is 1. The van der Waals surface area contributed by atoms with E-state index in [1.165, 1.54) is 327 Å². The maximum Gasteiger partial charge on any atom is 0.305 e. The molecule has 2 unspecified atom stereocenters. The predicted octanol–water partition coefficient (Wildman–Crippen LogP) is 24.3. The van der Waals surface area contributed by atoms with Crippen molar-refractivity contribution < 1.29 is 24.5 Å². The van der Waals surface area contributed by atoms with Crippen LogP contribution in [0.3, 0.4) is 0 Å². The number of carbonyl (C=O) groups excluding carboxylic acids is 2. The fourth-order valence-electron chi connectivity index (χ4n) is 11.7. The summed E-state index contributed by atoms with van der Waals surface area (Å²) in [7, 11) is 0. The number of carbonyl (C=O) groups is 2. The van der Waals surface area contributed by atoms with Crippen molar-refractivity contribution in [1.29, 1.82) is 0 Å². The number of rotatable bonds is 70. The Balaban J connectivity index is 3.32. The third-order valence-electron chi connectivity index (χ3n) is 17.4. The Kier molecular flexibility index (Phi) is 69.9. The van der Waals surface area contributed by atoms with Crippen molar-refractivity contribution in [2.24, 2.45) is 0 Å². The molecule has 0 saturated heterocycles. The zero-order valence-electron chi connectivity index (χ0n) is 55.5. The van der Waals surface area contributed by atoms with E-state index in [2.05, 4.69) is 55.6 Å². The number of ether oxygens (including phenoxy) is 1. The maximum atomic E-state index is 12.5. The summed E-state index contributed by atoms with van der Waals surface area (Å²) in [4.78, 5) is 24.6. The van der Waals surface area contributed by atoms with E-state index in [0.29, 0.717) is 25.9 Å². The van der Waals surface area contributed by atoms with Crippen LogP contribution in [0.5, 0.6) is 0 Å². The third-order valence-corrected chi connectivity index (χ3v) is 17.4. The molecule has 0 aliphatic carbocycles. The van der Waals surface area contributed by atoms with Crippen LogP contribution < -0.4 is 5.32 Å². The van der Waals surface area contributed by atoms with Gasteiger partial charge in [0.1, 0.15) is 0 Å². The van der Waals surface area contributed by atoms with Gasteiger partial charge in [-0.25, -0.2) is 0 Å². The SMILES string of the molecule is CCCCCC/C=C\C/C=C\CCCCCCCCCC(=O)OCCCCCCCCCCCCCCCC/C=C\CCCCCCCCCCCCCCCCCCCC(=O)NC(CO)C(O)CCCCCCCCCCCCCC. The van der Waals surface area contributed by atoms with Gasteiger partial charge in [0, 0.05) is 12.8 Å². The maximum absolute atomic E-state index is 12.5. The topological polar surface area (TPSA) is 95.9 Å². The van der Waals surface area contributed by atoms with Crippen molar-refractivity contribution in [3.05, 3.63) is 36.5 Å². The van der Waals surface area contributed by atoms with E-state index < -0.39 is 12.1 Å². The lowest BCUT2D eigenvalue weighted by Crippen LogP contribution is -2.45. The van der Waals surface area contributed by atoms with Gasteiger partial charge in [0.25, 0.3) is 0 Å². The van der Waals surface area contributed by atoms with Gasteiger partial charge in [-0.05, 0) is 83.5 Å². The van der Waals surface area contributed by atoms with Crippen molar-refractivity contribution in [2.45, 2.75) is 424 Å². The molecule has 6 heteroatoms. The molecule has 0 aromatic rings. The Morgan fingerprint density at radius 2 is 0.610 bits per heavy atom. The van der Waals surface area contributed by atoms with Crippen molar-refractivity contribution in [1.82, 2.24) is 5.32 Å². The molecule has 0 heterocycles. The number of hydrogen-bond donors (Lipinski definition) is 3. The Morgan fingerprint density at radius 1 is 0.341 bits per heavy atom. The van der Waals surface area contributed by atoms with Crippen LogP contribution in [0.1, 0.15) is 412 Å². The molecule has 0 aliphatic heterocycles. The molecule has 0 saturated carbocycles. The molecule has 1 amide bonds. The van der Waals surface area contributed by atoms with Crippen LogP contribution in [0.4, 0.5) is 0 Å². The van der Waals surface area contributed by atoms with Crippen molar-refractivity contribution in [3.63, 3.8) is 0 Å². The monoisotopic (exact) mass is 1150 g/mol. The molecule has 484 valence electrons. The molecular weight excluding hydrogens is 1010 g/mol. The highest BCUT2D eigenvalue weighted by molar-refractivity contribution is 5.76. The Labute approximate surface area is 513 Å². The van der Waals surface area contributed by atoms with Crippen molar-refractivity contribution >= 4 is 11.9 Å². The van der Waals surface area contributed by atoms with Crippen molar-refractivity contribution in [2.75, 3.05) is 13.2 Å². The lowest BCUT2D eigenvalue weighted by Gasteiger charge is -2.22. The molecule has 0 aromatic carbocycles. The second kappa shape index (κ2) is 71.6. The highest BCUT2D eigenvalue weighted by Crippen LogP contribution is 2.19. The normalized spacial score (nSPS) is 12.7. The summed E-state index contributed by atoms with van der Waals surface area (Å²) in [5, 5.41) is 23.3. The molecule has 3 N–H and O–H groups in total. The van der Waals surface area contributed by atoms with E-state index in [4.69, 9.17) is 4.74 Å². The molecule has 0 aliphatic rings. The van der Waals surface area contributed by atoms with Crippen LogP contribution in [0, 0.1) is 0 Å². The van der Waals surface area contributed by atoms with E-state index in [-0.39, 0.29) is 18.5 Å². The van der Waals surface area contributed by atoms with Gasteiger partial charge in [0.05, 0.1) is 25.4 Å². The first kappa shape index (κ1) is 80.1. The van der Waals surface area contributed by atoms with Crippen LogP contribution in [0.15, 0.2) is 36.5 Å². The molecule has 0 rings (SSSR count). The van der Waals surface area contributed by atoms with Crippen LogP contribution >= 0.6 is 0 Å². The van der Waals surface area contributed by atoms with E-state index in [1.54, 1.807) is 0 Å². The average Bonchev–Trinajstić information content (AvgIpc) is 3.48. The van der Waals surface area contributed by atoms with E-state index in [1.807, 2.05) is 0 Å². The minimum atomic E-state index is -0.660. The molecule has 0 bridgehead atoms. The van der Waals surface area contributed by atoms with Gasteiger partial charge in [-0.15, -0.1) is 0 Å². The second-order valence-corrected chi connectivity index (χ2v) is 25.6. The zero-order valence-corrected chi connectivity index (χ0v) is 55.5. The van der Waals surface area contributed by atoms with E-state index >= 15 is 0 Å². The highest BCUT2D eigenvalue weighted by Gasteiger charge is 2.20. The summed E-state index contributed by atoms with van der Waals surface area (Å²) >= 11 is 0. The minimum absolute atomic E-state index is 0.0133. The molecule has 6 nitrogen and oxygen atoms in total. The molecule has 0 fully saturated rings. The van der Waals surface area contributed by atoms with Gasteiger partial charge in [-0.1, -0.05) is 352 Å². The van der Waals surface area contributed by atoms with Crippen LogP contribution in [0.25, 0.3) is 0 Å². The summed E-state index contributed by atoms with van der Waals surface area (Å²) < 4.78 is 5.51. The summed E-state index contributed by atoms with van der Waals surface area (Å²) in [6, 6.07) is -0.538. The quantitative estimate of drug-likeness (QED) is 0.0320. The fraction of sp³-hybridized carbons (Fsp3) is 0.895. The van der Waals surface area contributed by atoms with Gasteiger partial charge in [-0.3, -0.25) is 9.59 Å². The summed E-state index contributed by atoms with van der Waals surface area (Å²) in [6.07, 6.45) is 92.2. The van der Waals surface area contributed by atoms with Crippen LogP contribution in [-0.2, 0) is 14.3 Å². The third kappa shape index (κ3) is 67.2. The minimum Gasteiger partial charge on any atom is -0.466 e. The van der Waals surface area contributed by atoms with Gasteiger partial charge < -0.3 is 20.3 Å². The number of hydrogen-bond acceptors (Lipinski definition) is 5. The highest BCUT2D eigenvalue weighted by atomic mass is 16.5. The molecule has 82 heavy (non-hydrogen) atoms. The summed E-state index contributed by atoms with van der Waals surface area (Å²) in [5.41, 5.74) is 0. The smallest absolute Gasteiger partial charge is 0.305 e. The number of unbranched alkanes of at least 4 members (excludes halogenated alkanes) is 53. The van der Waals surface area contributed by atoms with Crippen LogP contribution in [-0.4, -0.2) is 47.4 Å². The van der Waals surface area contributed by atoms with Gasteiger partial charge in [0.15, 0.2) is 0 Å². The van der Waals surface area contributed by atoms with Gasteiger partial charge in [-0.2, -0.15) is 0 Å². The van der Waals surface area contributed by atoms with Gasteiger partial charge in [0.2, 0.25) is 5.91 Å². The number of aliphatic hydroxyl groups is 2. The van der Waals surface area contributed by atoms with E-state index in [0.717, 1.165) is 51.4 Å². The Hall–Kier alpha value is -1.92. The Morgan fingerprint density at radius 3 is 0.951 bits per heavy atom.